The van der Waals surface area contributed by atoms with Crippen LogP contribution in [0.3, 0.4) is 0 Å². The molecule has 2 aromatic rings. The van der Waals surface area contributed by atoms with Crippen molar-refractivity contribution in [3.8, 4) is 11.4 Å². The molecule has 3 rings (SSSR count). The molecule has 1 heterocycles. The maximum Gasteiger partial charge on any atom is 0.251 e. The largest absolute Gasteiger partial charge is 0.307 e. The van der Waals surface area contributed by atoms with Crippen LogP contribution in [0.4, 0.5) is 0 Å². The first-order chi connectivity index (χ1) is 9.22. The molecule has 1 aromatic carbocycles. The van der Waals surface area contributed by atoms with Gasteiger partial charge in [0.25, 0.3) is 5.56 Å². The highest BCUT2D eigenvalue weighted by atomic mass is 79.9. The van der Waals surface area contributed by atoms with Crippen LogP contribution in [-0.2, 0) is 0 Å². The minimum Gasteiger partial charge on any atom is -0.307 e. The van der Waals surface area contributed by atoms with Gasteiger partial charge in [-0.05, 0) is 25.0 Å². The van der Waals surface area contributed by atoms with E-state index >= 15 is 0 Å². The molecule has 0 saturated heterocycles. The molecule has 19 heavy (non-hydrogen) atoms. The molecule has 0 unspecified atom stereocenters. The van der Waals surface area contributed by atoms with Crippen LogP contribution in [0.15, 0.2) is 39.6 Å². The number of aromatic nitrogens is 2. The highest BCUT2D eigenvalue weighted by Gasteiger charge is 2.19. The molecule has 3 nitrogen and oxygen atoms in total. The Balaban J connectivity index is 2.01. The smallest absolute Gasteiger partial charge is 0.251 e. The van der Waals surface area contributed by atoms with Crippen molar-refractivity contribution in [3.63, 3.8) is 0 Å². The average molecular weight is 319 g/mol. The lowest BCUT2D eigenvalue weighted by Crippen LogP contribution is -2.12. The van der Waals surface area contributed by atoms with Gasteiger partial charge in [-0.3, -0.25) is 4.79 Å². The maximum atomic E-state index is 11.8. The van der Waals surface area contributed by atoms with Crippen LogP contribution in [0.25, 0.3) is 11.4 Å². The number of hydrogen-bond acceptors (Lipinski definition) is 2. The summed E-state index contributed by atoms with van der Waals surface area (Å²) in [6.45, 7) is 0. The van der Waals surface area contributed by atoms with Crippen molar-refractivity contribution >= 4 is 15.9 Å². The first kappa shape index (κ1) is 12.6. The van der Waals surface area contributed by atoms with E-state index in [2.05, 4.69) is 25.9 Å². The maximum absolute atomic E-state index is 11.8. The molecule has 0 amide bonds. The number of nitrogens with zero attached hydrogens (tertiary/aromatic N) is 1. The molecule has 1 N–H and O–H groups in total. The Kier molecular flexibility index (Phi) is 3.51. The summed E-state index contributed by atoms with van der Waals surface area (Å²) in [5.74, 6) is 1.12. The van der Waals surface area contributed by atoms with Crippen molar-refractivity contribution in [2.75, 3.05) is 0 Å². The van der Waals surface area contributed by atoms with Gasteiger partial charge < -0.3 is 4.98 Å². The van der Waals surface area contributed by atoms with Crippen LogP contribution in [0.1, 0.15) is 37.3 Å². The van der Waals surface area contributed by atoms with Gasteiger partial charge in [0.05, 0.1) is 5.69 Å². The van der Waals surface area contributed by atoms with Crippen LogP contribution in [0.2, 0.25) is 0 Å². The SMILES string of the molecule is O=c1cc(C2CCCC2)nc(-c2ccc(Br)cc2)[nH]1. The lowest BCUT2D eigenvalue weighted by atomic mass is 10.0. The van der Waals surface area contributed by atoms with Crippen molar-refractivity contribution in [1.29, 1.82) is 0 Å². The molecular weight excluding hydrogens is 304 g/mol. The highest BCUT2D eigenvalue weighted by molar-refractivity contribution is 9.10. The molecule has 1 aliphatic carbocycles. The van der Waals surface area contributed by atoms with Gasteiger partial charge in [0.1, 0.15) is 5.82 Å². The molecule has 1 aliphatic rings. The lowest BCUT2D eigenvalue weighted by molar-refractivity contribution is 0.693. The first-order valence-corrected chi connectivity index (χ1v) is 7.39. The summed E-state index contributed by atoms with van der Waals surface area (Å²) < 4.78 is 1.02. The van der Waals surface area contributed by atoms with Gasteiger partial charge in [-0.25, -0.2) is 4.98 Å². The van der Waals surface area contributed by atoms with Crippen LogP contribution < -0.4 is 5.56 Å². The fourth-order valence-electron chi connectivity index (χ4n) is 2.65. The second kappa shape index (κ2) is 5.29. The van der Waals surface area contributed by atoms with Crippen molar-refractivity contribution < 1.29 is 0 Å². The van der Waals surface area contributed by atoms with Crippen molar-refractivity contribution in [1.82, 2.24) is 9.97 Å². The Bertz CT molecular complexity index is 627. The predicted molar refractivity (Wildman–Crippen MR) is 79.2 cm³/mol. The first-order valence-electron chi connectivity index (χ1n) is 6.59. The van der Waals surface area contributed by atoms with E-state index in [4.69, 9.17) is 0 Å². The van der Waals surface area contributed by atoms with Gasteiger partial charge in [-0.1, -0.05) is 40.9 Å². The molecule has 98 valence electrons. The fraction of sp³-hybridized carbons (Fsp3) is 0.333. The van der Waals surface area contributed by atoms with E-state index in [0.717, 1.165) is 28.6 Å². The van der Waals surface area contributed by atoms with E-state index in [1.54, 1.807) is 6.07 Å². The second-order valence-electron chi connectivity index (χ2n) is 5.01. The number of aromatic amines is 1. The molecule has 0 atom stereocenters. The van der Waals surface area contributed by atoms with Crippen LogP contribution >= 0.6 is 15.9 Å². The van der Waals surface area contributed by atoms with E-state index in [1.807, 2.05) is 24.3 Å². The van der Waals surface area contributed by atoms with Gasteiger partial charge in [-0.15, -0.1) is 0 Å². The zero-order valence-corrected chi connectivity index (χ0v) is 12.1. The molecule has 0 radical (unpaired) electrons. The summed E-state index contributed by atoms with van der Waals surface area (Å²) in [7, 11) is 0. The normalized spacial score (nSPS) is 15.8. The zero-order chi connectivity index (χ0) is 13.2. The topological polar surface area (TPSA) is 45.8 Å². The number of nitrogens with one attached hydrogen (secondary N) is 1. The van der Waals surface area contributed by atoms with E-state index in [0.29, 0.717) is 11.7 Å². The van der Waals surface area contributed by atoms with Crippen LogP contribution in [0, 0.1) is 0 Å². The average Bonchev–Trinajstić information content (AvgIpc) is 2.93. The molecule has 1 fully saturated rings. The van der Waals surface area contributed by atoms with E-state index in [9.17, 15) is 4.79 Å². The van der Waals surface area contributed by atoms with Crippen LogP contribution in [0.5, 0.6) is 0 Å². The van der Waals surface area contributed by atoms with Gasteiger partial charge in [0, 0.05) is 22.0 Å². The van der Waals surface area contributed by atoms with Crippen molar-refractivity contribution in [2.45, 2.75) is 31.6 Å². The molecule has 0 spiro atoms. The number of benzene rings is 1. The minimum atomic E-state index is -0.0604. The van der Waals surface area contributed by atoms with Crippen molar-refractivity contribution in [2.24, 2.45) is 0 Å². The molecular formula is C15H15BrN2O. The standard InChI is InChI=1S/C15H15BrN2O/c16-12-7-5-11(6-8-12)15-17-13(9-14(19)18-15)10-3-1-2-4-10/h5-10H,1-4H2,(H,17,18,19). The summed E-state index contributed by atoms with van der Waals surface area (Å²) in [6.07, 6.45) is 4.78. The minimum absolute atomic E-state index is 0.0604. The number of halogens is 1. The Labute approximate surface area is 120 Å². The van der Waals surface area contributed by atoms with Crippen LogP contribution in [-0.4, -0.2) is 9.97 Å². The van der Waals surface area contributed by atoms with Gasteiger partial charge in [0.2, 0.25) is 0 Å². The molecule has 1 saturated carbocycles. The summed E-state index contributed by atoms with van der Waals surface area (Å²) in [6, 6.07) is 9.48. The molecule has 1 aromatic heterocycles. The monoisotopic (exact) mass is 318 g/mol. The Hall–Kier alpha value is -1.42. The van der Waals surface area contributed by atoms with Gasteiger partial charge >= 0.3 is 0 Å². The van der Waals surface area contributed by atoms with Gasteiger partial charge in [-0.2, -0.15) is 0 Å². The summed E-state index contributed by atoms with van der Waals surface area (Å²) in [4.78, 5) is 19.3. The number of H-pyrrole nitrogens is 1. The third-order valence-electron chi connectivity index (χ3n) is 3.65. The van der Waals surface area contributed by atoms with Gasteiger partial charge in [0.15, 0.2) is 0 Å². The predicted octanol–water partition coefficient (Wildman–Crippen LogP) is 3.86. The highest BCUT2D eigenvalue weighted by Crippen LogP contribution is 2.33. The number of rotatable bonds is 2. The Morgan fingerprint density at radius 1 is 1.16 bits per heavy atom. The quantitative estimate of drug-likeness (QED) is 0.914. The third kappa shape index (κ3) is 2.78. The summed E-state index contributed by atoms with van der Waals surface area (Å²) >= 11 is 3.41. The number of hydrogen-bond donors (Lipinski definition) is 1. The van der Waals surface area contributed by atoms with E-state index in [1.165, 1.54) is 12.8 Å². The third-order valence-corrected chi connectivity index (χ3v) is 4.18. The van der Waals surface area contributed by atoms with E-state index < -0.39 is 0 Å². The Morgan fingerprint density at radius 3 is 2.53 bits per heavy atom. The summed E-state index contributed by atoms with van der Waals surface area (Å²) in [5.41, 5.74) is 1.83. The Morgan fingerprint density at radius 2 is 1.84 bits per heavy atom. The lowest BCUT2D eigenvalue weighted by Gasteiger charge is -2.09. The second-order valence-corrected chi connectivity index (χ2v) is 5.92. The zero-order valence-electron chi connectivity index (χ0n) is 10.5. The van der Waals surface area contributed by atoms with E-state index in [-0.39, 0.29) is 5.56 Å². The van der Waals surface area contributed by atoms with Crippen molar-refractivity contribution in [3.05, 3.63) is 50.9 Å². The molecule has 0 bridgehead atoms. The fourth-order valence-corrected chi connectivity index (χ4v) is 2.92. The summed E-state index contributed by atoms with van der Waals surface area (Å²) in [5, 5.41) is 0. The molecule has 4 heteroatoms. The molecule has 0 aliphatic heterocycles.